The van der Waals surface area contributed by atoms with Crippen LogP contribution in [0.2, 0.25) is 0 Å². The number of rotatable bonds is 1. The van der Waals surface area contributed by atoms with Gasteiger partial charge in [0.2, 0.25) is 11.7 Å². The number of morpholine rings is 1. The number of carbonyl (C=O) groups excluding carboxylic acids is 1. The Morgan fingerprint density at radius 2 is 2.00 bits per heavy atom. The van der Waals surface area contributed by atoms with Crippen molar-refractivity contribution >= 4 is 11.7 Å². The van der Waals surface area contributed by atoms with Gasteiger partial charge in [0.05, 0.1) is 13.2 Å². The molecule has 0 saturated carbocycles. The Kier molecular flexibility index (Phi) is 3.05. The molecule has 8 heteroatoms. The maximum atomic E-state index is 11.6. The molecule has 92 valence electrons. The van der Waals surface area contributed by atoms with Crippen molar-refractivity contribution in [1.82, 2.24) is 14.8 Å². The first-order valence-corrected chi connectivity index (χ1v) is 5.17. The Bertz CT molecular complexity index is 541. The first kappa shape index (κ1) is 11.5. The normalized spacial score (nSPS) is 15.9. The Labute approximate surface area is 95.8 Å². The minimum absolute atomic E-state index is 0.0723. The minimum atomic E-state index is -0.820. The molecular weight excluding hydrogens is 228 g/mol. The summed E-state index contributed by atoms with van der Waals surface area (Å²) in [6.45, 7) is 3.19. The van der Waals surface area contributed by atoms with Crippen LogP contribution < -0.4 is 16.1 Å². The van der Waals surface area contributed by atoms with Crippen LogP contribution in [0.4, 0.5) is 5.82 Å². The second kappa shape index (κ2) is 4.50. The third-order valence-corrected chi connectivity index (χ3v) is 2.42. The van der Waals surface area contributed by atoms with E-state index in [0.717, 1.165) is 0 Å². The van der Waals surface area contributed by atoms with Gasteiger partial charge in [-0.05, 0) is 0 Å². The number of nitrogens with zero attached hydrogens (tertiary/aromatic N) is 3. The Morgan fingerprint density at radius 3 is 2.59 bits per heavy atom. The van der Waals surface area contributed by atoms with Gasteiger partial charge in [-0.25, -0.2) is 4.79 Å². The molecule has 0 spiro atoms. The van der Waals surface area contributed by atoms with Crippen molar-refractivity contribution in [2.75, 3.05) is 31.2 Å². The predicted octanol–water partition coefficient (Wildman–Crippen LogP) is -1.57. The summed E-state index contributed by atoms with van der Waals surface area (Å²) in [5.74, 6) is -0.469. The van der Waals surface area contributed by atoms with Gasteiger partial charge in [-0.15, -0.1) is 9.78 Å². The van der Waals surface area contributed by atoms with Gasteiger partial charge in [0.25, 0.3) is 5.56 Å². The zero-order valence-electron chi connectivity index (χ0n) is 9.30. The van der Waals surface area contributed by atoms with E-state index in [9.17, 15) is 14.4 Å². The van der Waals surface area contributed by atoms with Crippen molar-refractivity contribution in [3.05, 3.63) is 20.8 Å². The monoisotopic (exact) mass is 240 g/mol. The summed E-state index contributed by atoms with van der Waals surface area (Å²) in [5, 5.41) is 3.78. The lowest BCUT2D eigenvalue weighted by Gasteiger charge is -2.26. The van der Waals surface area contributed by atoms with Crippen LogP contribution in [0.3, 0.4) is 0 Å². The quantitative estimate of drug-likeness (QED) is 0.636. The van der Waals surface area contributed by atoms with E-state index >= 15 is 0 Å². The van der Waals surface area contributed by atoms with E-state index in [2.05, 4.69) is 10.1 Å². The Hall–Kier alpha value is -1.96. The fraction of sp³-hybridized carbons (Fsp3) is 0.556. The van der Waals surface area contributed by atoms with Crippen LogP contribution in [0.25, 0.3) is 0 Å². The molecule has 1 aromatic rings. The van der Waals surface area contributed by atoms with Gasteiger partial charge < -0.3 is 9.64 Å². The van der Waals surface area contributed by atoms with Crippen molar-refractivity contribution in [1.29, 1.82) is 0 Å². The SMILES string of the molecule is CC(=O)n1nc(N2CCOCC2)c(=O)[nH]c1=O. The molecule has 0 aromatic carbocycles. The van der Waals surface area contributed by atoms with Crippen LogP contribution in [0.15, 0.2) is 9.59 Å². The molecule has 1 fully saturated rings. The molecule has 1 aromatic heterocycles. The third-order valence-electron chi connectivity index (χ3n) is 2.42. The molecule has 0 unspecified atom stereocenters. The first-order valence-electron chi connectivity index (χ1n) is 5.17. The van der Waals surface area contributed by atoms with Gasteiger partial charge in [0, 0.05) is 20.0 Å². The lowest BCUT2D eigenvalue weighted by molar-refractivity contribution is 0.0911. The highest BCUT2D eigenvalue weighted by Crippen LogP contribution is 2.04. The van der Waals surface area contributed by atoms with E-state index < -0.39 is 17.2 Å². The fourth-order valence-corrected chi connectivity index (χ4v) is 1.59. The average Bonchev–Trinajstić information content (AvgIpc) is 2.29. The van der Waals surface area contributed by atoms with Crippen molar-refractivity contribution in [3.8, 4) is 0 Å². The molecule has 1 aliphatic rings. The van der Waals surface area contributed by atoms with E-state index in [1.54, 1.807) is 4.90 Å². The summed E-state index contributed by atoms with van der Waals surface area (Å²) in [6.07, 6.45) is 0. The summed E-state index contributed by atoms with van der Waals surface area (Å²) in [5.41, 5.74) is -1.41. The van der Waals surface area contributed by atoms with Crippen molar-refractivity contribution in [3.63, 3.8) is 0 Å². The first-order chi connectivity index (χ1) is 8.09. The number of H-pyrrole nitrogens is 1. The molecule has 0 aliphatic carbocycles. The largest absolute Gasteiger partial charge is 0.378 e. The highest BCUT2D eigenvalue weighted by atomic mass is 16.5. The number of aromatic nitrogens is 3. The Morgan fingerprint density at radius 1 is 1.35 bits per heavy atom. The van der Waals surface area contributed by atoms with Gasteiger partial charge >= 0.3 is 5.69 Å². The topological polar surface area (TPSA) is 97.3 Å². The molecule has 0 bridgehead atoms. The van der Waals surface area contributed by atoms with E-state index in [-0.39, 0.29) is 5.82 Å². The fourth-order valence-electron chi connectivity index (χ4n) is 1.59. The lowest BCUT2D eigenvalue weighted by Crippen LogP contribution is -2.44. The van der Waals surface area contributed by atoms with E-state index in [4.69, 9.17) is 4.74 Å². The highest BCUT2D eigenvalue weighted by Gasteiger charge is 2.18. The number of hydrogen-bond acceptors (Lipinski definition) is 6. The molecule has 1 saturated heterocycles. The molecule has 0 atom stereocenters. The van der Waals surface area contributed by atoms with Gasteiger partial charge in [-0.3, -0.25) is 14.6 Å². The number of ether oxygens (including phenoxy) is 1. The van der Waals surface area contributed by atoms with Crippen LogP contribution in [0.5, 0.6) is 0 Å². The van der Waals surface area contributed by atoms with Gasteiger partial charge in [-0.1, -0.05) is 0 Å². The molecule has 17 heavy (non-hydrogen) atoms. The Balaban J connectivity index is 2.46. The third kappa shape index (κ3) is 2.26. The summed E-state index contributed by atoms with van der Waals surface area (Å²) >= 11 is 0. The molecule has 0 amide bonds. The maximum absolute atomic E-state index is 11.6. The minimum Gasteiger partial charge on any atom is -0.378 e. The molecule has 8 nitrogen and oxygen atoms in total. The summed E-state index contributed by atoms with van der Waals surface area (Å²) in [7, 11) is 0. The standard InChI is InChI=1S/C9H12N4O4/c1-6(14)13-9(16)10-8(15)7(11-13)12-2-4-17-5-3-12/h2-5H2,1H3,(H,10,15,16). The molecule has 2 heterocycles. The van der Waals surface area contributed by atoms with E-state index in [1.807, 2.05) is 0 Å². The maximum Gasteiger partial charge on any atom is 0.352 e. The molecule has 1 N–H and O–H groups in total. The van der Waals surface area contributed by atoms with Gasteiger partial charge in [-0.2, -0.15) is 0 Å². The molecular formula is C9H12N4O4. The van der Waals surface area contributed by atoms with Crippen LogP contribution in [-0.2, 0) is 4.74 Å². The molecule has 1 aliphatic heterocycles. The smallest absolute Gasteiger partial charge is 0.352 e. The second-order valence-corrected chi connectivity index (χ2v) is 3.61. The summed E-state index contributed by atoms with van der Waals surface area (Å²) < 4.78 is 5.79. The second-order valence-electron chi connectivity index (χ2n) is 3.61. The summed E-state index contributed by atoms with van der Waals surface area (Å²) in [4.78, 5) is 37.8. The van der Waals surface area contributed by atoms with E-state index in [0.29, 0.717) is 31.0 Å². The highest BCUT2D eigenvalue weighted by molar-refractivity contribution is 5.74. The average molecular weight is 240 g/mol. The van der Waals surface area contributed by atoms with Gasteiger partial charge in [0.15, 0.2) is 0 Å². The lowest BCUT2D eigenvalue weighted by atomic mass is 10.4. The van der Waals surface area contributed by atoms with Crippen LogP contribution in [-0.4, -0.2) is 47.0 Å². The number of anilines is 1. The van der Waals surface area contributed by atoms with Crippen molar-refractivity contribution in [2.24, 2.45) is 0 Å². The van der Waals surface area contributed by atoms with E-state index in [1.165, 1.54) is 6.92 Å². The number of nitrogens with one attached hydrogen (secondary N) is 1. The van der Waals surface area contributed by atoms with Crippen molar-refractivity contribution < 1.29 is 9.53 Å². The number of aromatic amines is 1. The predicted molar refractivity (Wildman–Crippen MR) is 58.5 cm³/mol. The summed E-state index contributed by atoms with van der Waals surface area (Å²) in [6, 6.07) is 0. The van der Waals surface area contributed by atoms with Crippen LogP contribution in [0.1, 0.15) is 11.7 Å². The molecule has 0 radical (unpaired) electrons. The number of hydrogen-bond donors (Lipinski definition) is 1. The van der Waals surface area contributed by atoms with Gasteiger partial charge in [0.1, 0.15) is 0 Å². The zero-order valence-corrected chi connectivity index (χ0v) is 9.30. The zero-order chi connectivity index (χ0) is 12.4. The van der Waals surface area contributed by atoms with Crippen LogP contribution >= 0.6 is 0 Å². The van der Waals surface area contributed by atoms with Crippen molar-refractivity contribution in [2.45, 2.75) is 6.92 Å². The number of carbonyl (C=O) groups is 1. The molecule has 2 rings (SSSR count). The van der Waals surface area contributed by atoms with Crippen LogP contribution in [0, 0.1) is 0 Å².